The first-order chi connectivity index (χ1) is 9.49. The summed E-state index contributed by atoms with van der Waals surface area (Å²) in [5.74, 6) is -0.691. The van der Waals surface area contributed by atoms with Crippen molar-refractivity contribution in [3.63, 3.8) is 0 Å². The molecule has 2 rings (SSSR count). The van der Waals surface area contributed by atoms with Crippen LogP contribution in [0.15, 0.2) is 16.6 Å². The fourth-order valence-electron chi connectivity index (χ4n) is 2.06. The number of ether oxygens (including phenoxy) is 1. The van der Waals surface area contributed by atoms with Crippen molar-refractivity contribution in [2.45, 2.75) is 6.92 Å². The highest BCUT2D eigenvalue weighted by molar-refractivity contribution is 9.10. The molecule has 0 atom stereocenters. The molecule has 0 aromatic heterocycles. The van der Waals surface area contributed by atoms with Gasteiger partial charge in [0.25, 0.3) is 0 Å². The largest absolute Gasteiger partial charge is 0.491 e. The second-order valence-electron chi connectivity index (χ2n) is 4.47. The van der Waals surface area contributed by atoms with Crippen molar-refractivity contribution in [2.24, 2.45) is 0 Å². The van der Waals surface area contributed by atoms with Gasteiger partial charge in [-0.3, -0.25) is 0 Å². The predicted octanol–water partition coefficient (Wildman–Crippen LogP) is 1.86. The molecule has 6 nitrogen and oxygen atoms in total. The second-order valence-corrected chi connectivity index (χ2v) is 5.39. The van der Waals surface area contributed by atoms with Crippen molar-refractivity contribution in [2.75, 3.05) is 26.2 Å². The van der Waals surface area contributed by atoms with Gasteiger partial charge in [-0.25, -0.2) is 9.59 Å². The standard InChI is InChI=1S/C13H15BrN2O4/c1-8-6-9(14)7-10(12(17)18)11(8)20-5-4-16-3-2-15-13(16)19/h6-7H,2-5H2,1H3,(H,15,19)(H,17,18). The summed E-state index contributed by atoms with van der Waals surface area (Å²) < 4.78 is 6.26. The molecule has 0 bridgehead atoms. The van der Waals surface area contributed by atoms with Gasteiger partial charge in [-0.2, -0.15) is 0 Å². The number of hydrogen-bond acceptors (Lipinski definition) is 3. The van der Waals surface area contributed by atoms with Crippen LogP contribution in [0.25, 0.3) is 0 Å². The number of amides is 2. The summed E-state index contributed by atoms with van der Waals surface area (Å²) in [7, 11) is 0. The molecule has 7 heteroatoms. The Balaban J connectivity index is 2.05. The van der Waals surface area contributed by atoms with Gasteiger partial charge in [0.15, 0.2) is 0 Å². The van der Waals surface area contributed by atoms with E-state index < -0.39 is 5.97 Å². The van der Waals surface area contributed by atoms with Crippen LogP contribution in [0.1, 0.15) is 15.9 Å². The summed E-state index contributed by atoms with van der Waals surface area (Å²) in [6.07, 6.45) is 0. The van der Waals surface area contributed by atoms with Crippen molar-refractivity contribution in [3.8, 4) is 5.75 Å². The Labute approximate surface area is 124 Å². The maximum atomic E-state index is 11.4. The van der Waals surface area contributed by atoms with E-state index in [2.05, 4.69) is 21.2 Å². The number of carboxylic acid groups (broad SMARTS) is 1. The summed E-state index contributed by atoms with van der Waals surface area (Å²) in [4.78, 5) is 24.2. The van der Waals surface area contributed by atoms with E-state index in [4.69, 9.17) is 4.74 Å². The van der Waals surface area contributed by atoms with Gasteiger partial charge in [0.05, 0.1) is 6.54 Å². The normalized spacial score (nSPS) is 14.3. The van der Waals surface area contributed by atoms with Gasteiger partial charge in [0.1, 0.15) is 17.9 Å². The van der Waals surface area contributed by atoms with Gasteiger partial charge in [-0.15, -0.1) is 0 Å². The maximum absolute atomic E-state index is 11.4. The zero-order valence-electron chi connectivity index (χ0n) is 11.0. The minimum atomic E-state index is -1.04. The predicted molar refractivity (Wildman–Crippen MR) is 76.3 cm³/mol. The highest BCUT2D eigenvalue weighted by Gasteiger charge is 2.20. The third kappa shape index (κ3) is 3.22. The number of carbonyl (C=O) groups is 2. The summed E-state index contributed by atoms with van der Waals surface area (Å²) in [6.45, 7) is 3.76. The Morgan fingerprint density at radius 1 is 1.55 bits per heavy atom. The van der Waals surface area contributed by atoms with Crippen molar-refractivity contribution in [3.05, 3.63) is 27.7 Å². The first-order valence-electron chi connectivity index (χ1n) is 6.18. The van der Waals surface area contributed by atoms with Crippen LogP contribution in [0.4, 0.5) is 4.79 Å². The van der Waals surface area contributed by atoms with E-state index in [0.29, 0.717) is 29.9 Å². The summed E-state index contributed by atoms with van der Waals surface area (Å²) in [6, 6.07) is 3.19. The third-order valence-corrected chi connectivity index (χ3v) is 3.48. The number of benzene rings is 1. The molecule has 108 valence electrons. The van der Waals surface area contributed by atoms with Crippen molar-refractivity contribution in [1.82, 2.24) is 10.2 Å². The minimum absolute atomic E-state index is 0.111. The van der Waals surface area contributed by atoms with E-state index in [1.54, 1.807) is 17.9 Å². The van der Waals surface area contributed by atoms with E-state index in [9.17, 15) is 14.7 Å². The van der Waals surface area contributed by atoms with E-state index >= 15 is 0 Å². The molecule has 0 unspecified atom stereocenters. The molecule has 2 amide bonds. The fourth-order valence-corrected chi connectivity index (χ4v) is 2.64. The number of halogens is 1. The van der Waals surface area contributed by atoms with Gasteiger partial charge in [-0.1, -0.05) is 15.9 Å². The average Bonchev–Trinajstić information content (AvgIpc) is 2.77. The van der Waals surface area contributed by atoms with Gasteiger partial charge in [-0.05, 0) is 24.6 Å². The fraction of sp³-hybridized carbons (Fsp3) is 0.385. The molecular formula is C13H15BrN2O4. The van der Waals surface area contributed by atoms with Crippen molar-refractivity contribution < 1.29 is 19.4 Å². The number of rotatable bonds is 5. The number of urea groups is 1. The van der Waals surface area contributed by atoms with Crippen LogP contribution in [0.5, 0.6) is 5.75 Å². The van der Waals surface area contributed by atoms with Gasteiger partial charge < -0.3 is 20.1 Å². The van der Waals surface area contributed by atoms with Crippen LogP contribution in [-0.4, -0.2) is 48.2 Å². The quantitative estimate of drug-likeness (QED) is 0.855. The molecule has 1 aromatic rings. The Hall–Kier alpha value is -1.76. The van der Waals surface area contributed by atoms with Crippen LogP contribution in [0.3, 0.4) is 0 Å². The number of hydrogen-bond donors (Lipinski definition) is 2. The Bertz CT molecular complexity index is 547. The van der Waals surface area contributed by atoms with Crippen LogP contribution in [0, 0.1) is 6.92 Å². The van der Waals surface area contributed by atoms with E-state index in [1.807, 2.05) is 0 Å². The van der Waals surface area contributed by atoms with Crippen molar-refractivity contribution >= 4 is 27.9 Å². The molecule has 1 fully saturated rings. The molecular weight excluding hydrogens is 328 g/mol. The Kier molecular flexibility index (Phi) is 4.49. The molecule has 1 aliphatic rings. The molecule has 0 saturated carbocycles. The second kappa shape index (κ2) is 6.13. The van der Waals surface area contributed by atoms with Gasteiger partial charge in [0.2, 0.25) is 0 Å². The zero-order valence-corrected chi connectivity index (χ0v) is 12.6. The zero-order chi connectivity index (χ0) is 14.7. The summed E-state index contributed by atoms with van der Waals surface area (Å²) in [5.41, 5.74) is 0.852. The van der Waals surface area contributed by atoms with Crippen LogP contribution in [-0.2, 0) is 0 Å². The van der Waals surface area contributed by atoms with E-state index in [1.165, 1.54) is 6.07 Å². The highest BCUT2D eigenvalue weighted by Crippen LogP contribution is 2.28. The van der Waals surface area contributed by atoms with E-state index in [0.717, 1.165) is 5.56 Å². The first kappa shape index (κ1) is 14.6. The SMILES string of the molecule is Cc1cc(Br)cc(C(=O)O)c1OCCN1CCNC1=O. The van der Waals surface area contributed by atoms with Crippen LogP contribution in [0.2, 0.25) is 0 Å². The number of carboxylic acids is 1. The molecule has 0 spiro atoms. The molecule has 0 aliphatic carbocycles. The first-order valence-corrected chi connectivity index (χ1v) is 6.97. The minimum Gasteiger partial charge on any atom is -0.491 e. The number of carbonyl (C=O) groups excluding carboxylic acids is 1. The van der Waals surface area contributed by atoms with Crippen molar-refractivity contribution in [1.29, 1.82) is 0 Å². The molecule has 1 heterocycles. The summed E-state index contributed by atoms with van der Waals surface area (Å²) >= 11 is 3.27. The maximum Gasteiger partial charge on any atom is 0.339 e. The average molecular weight is 343 g/mol. The van der Waals surface area contributed by atoms with E-state index in [-0.39, 0.29) is 18.2 Å². The highest BCUT2D eigenvalue weighted by atomic mass is 79.9. The number of nitrogens with zero attached hydrogens (tertiary/aromatic N) is 1. The topological polar surface area (TPSA) is 78.9 Å². The van der Waals surface area contributed by atoms with Crippen LogP contribution < -0.4 is 10.1 Å². The molecule has 20 heavy (non-hydrogen) atoms. The van der Waals surface area contributed by atoms with Gasteiger partial charge in [0, 0.05) is 17.6 Å². The number of aryl methyl sites for hydroxylation is 1. The third-order valence-electron chi connectivity index (χ3n) is 3.02. The molecule has 1 aliphatic heterocycles. The smallest absolute Gasteiger partial charge is 0.339 e. The monoisotopic (exact) mass is 342 g/mol. The number of aromatic carboxylic acids is 1. The lowest BCUT2D eigenvalue weighted by Gasteiger charge is -2.17. The molecule has 2 N–H and O–H groups in total. The Morgan fingerprint density at radius 3 is 2.90 bits per heavy atom. The van der Waals surface area contributed by atoms with Crippen LogP contribution >= 0.6 is 15.9 Å². The lowest BCUT2D eigenvalue weighted by Crippen LogP contribution is -2.32. The lowest BCUT2D eigenvalue weighted by molar-refractivity contribution is 0.0691. The molecule has 0 radical (unpaired) electrons. The summed E-state index contributed by atoms with van der Waals surface area (Å²) in [5, 5.41) is 11.9. The molecule has 1 aromatic carbocycles. The lowest BCUT2D eigenvalue weighted by atomic mass is 10.1. The molecule has 1 saturated heterocycles. The number of nitrogens with one attached hydrogen (secondary N) is 1. The Morgan fingerprint density at radius 2 is 2.30 bits per heavy atom. The van der Waals surface area contributed by atoms with Gasteiger partial charge >= 0.3 is 12.0 Å².